The molecule has 0 saturated heterocycles. The van der Waals surface area contributed by atoms with E-state index in [-0.39, 0.29) is 16.7 Å². The second-order valence-electron chi connectivity index (χ2n) is 6.83. The topological polar surface area (TPSA) is 75.3 Å². The van der Waals surface area contributed by atoms with E-state index in [1.807, 2.05) is 24.3 Å². The maximum absolute atomic E-state index is 12.5. The van der Waals surface area contributed by atoms with Gasteiger partial charge in [-0.15, -0.1) is 0 Å². The molecular weight excluding hydrogens is 360 g/mol. The van der Waals surface area contributed by atoms with E-state index < -0.39 is 10.0 Å². The molecule has 0 atom stereocenters. The summed E-state index contributed by atoms with van der Waals surface area (Å²) in [5.41, 5.74) is 2.24. The molecule has 2 N–H and O–H groups in total. The summed E-state index contributed by atoms with van der Waals surface area (Å²) in [5.74, 6) is 0.0238. The lowest BCUT2D eigenvalue weighted by molar-refractivity contribution is 0.102. The van der Waals surface area contributed by atoms with Crippen molar-refractivity contribution in [2.45, 2.75) is 50.8 Å². The Hall–Kier alpha value is -2.18. The van der Waals surface area contributed by atoms with Crippen molar-refractivity contribution in [3.05, 3.63) is 59.7 Å². The maximum atomic E-state index is 12.5. The highest BCUT2D eigenvalue weighted by molar-refractivity contribution is 7.89. The van der Waals surface area contributed by atoms with E-state index in [0.29, 0.717) is 12.1 Å². The number of hydrogen-bond donors (Lipinski definition) is 2. The summed E-state index contributed by atoms with van der Waals surface area (Å²) in [6.07, 6.45) is 2.83. The first kappa shape index (κ1) is 21.1. The van der Waals surface area contributed by atoms with Crippen molar-refractivity contribution < 1.29 is 13.2 Å². The second kappa shape index (κ2) is 9.67. The molecule has 0 aliphatic heterocycles. The van der Waals surface area contributed by atoms with Crippen LogP contribution in [0.4, 0.5) is 5.69 Å². The van der Waals surface area contributed by atoms with E-state index in [1.165, 1.54) is 24.3 Å². The van der Waals surface area contributed by atoms with E-state index in [1.54, 1.807) is 0 Å². The van der Waals surface area contributed by atoms with Crippen molar-refractivity contribution in [2.24, 2.45) is 0 Å². The first-order chi connectivity index (χ1) is 12.8. The monoisotopic (exact) mass is 388 g/mol. The summed E-state index contributed by atoms with van der Waals surface area (Å²) >= 11 is 0. The fourth-order valence-corrected chi connectivity index (χ4v) is 3.83. The van der Waals surface area contributed by atoms with Crippen LogP contribution in [0.1, 0.15) is 61.9 Å². The van der Waals surface area contributed by atoms with Crippen LogP contribution < -0.4 is 10.0 Å². The van der Waals surface area contributed by atoms with Gasteiger partial charge >= 0.3 is 0 Å². The second-order valence-corrected chi connectivity index (χ2v) is 8.59. The van der Waals surface area contributed by atoms with Gasteiger partial charge in [0, 0.05) is 17.8 Å². The fraction of sp³-hybridized carbons (Fsp3) is 0.381. The number of unbranched alkanes of at least 4 members (excludes halogenated alkanes) is 2. The molecule has 2 aromatic carbocycles. The minimum atomic E-state index is -3.54. The lowest BCUT2D eigenvalue weighted by Gasteiger charge is -2.14. The van der Waals surface area contributed by atoms with Gasteiger partial charge in [-0.1, -0.05) is 51.8 Å². The van der Waals surface area contributed by atoms with Crippen LogP contribution in [0, 0.1) is 0 Å². The van der Waals surface area contributed by atoms with Crippen LogP contribution in [-0.4, -0.2) is 20.9 Å². The van der Waals surface area contributed by atoms with Gasteiger partial charge in [-0.25, -0.2) is 13.1 Å². The molecule has 0 spiro atoms. The molecule has 5 nitrogen and oxygen atoms in total. The molecule has 0 aliphatic rings. The molecule has 0 unspecified atom stereocenters. The number of nitrogens with one attached hydrogen (secondary N) is 2. The van der Waals surface area contributed by atoms with Gasteiger partial charge < -0.3 is 5.32 Å². The molecule has 0 aromatic heterocycles. The third-order valence-electron chi connectivity index (χ3n) is 4.33. The molecule has 0 aliphatic carbocycles. The van der Waals surface area contributed by atoms with Gasteiger partial charge in [-0.05, 0) is 48.2 Å². The lowest BCUT2D eigenvalue weighted by atomic mass is 10.0. The molecule has 27 heavy (non-hydrogen) atoms. The van der Waals surface area contributed by atoms with Crippen molar-refractivity contribution >= 4 is 21.6 Å². The molecule has 0 heterocycles. The molecule has 0 fully saturated rings. The summed E-state index contributed by atoms with van der Waals surface area (Å²) in [7, 11) is -3.54. The van der Waals surface area contributed by atoms with Crippen molar-refractivity contribution in [1.82, 2.24) is 4.72 Å². The van der Waals surface area contributed by atoms with Gasteiger partial charge in [0.05, 0.1) is 4.90 Å². The highest BCUT2D eigenvalue weighted by Gasteiger charge is 2.15. The Morgan fingerprint density at radius 3 is 2.30 bits per heavy atom. The summed E-state index contributed by atoms with van der Waals surface area (Å²) in [6, 6.07) is 13.7. The SMILES string of the molecule is CCCCCNS(=O)(=O)c1ccc(C(=O)Nc2ccccc2C(C)C)cc1. The third-order valence-corrected chi connectivity index (χ3v) is 5.81. The number of carbonyl (C=O) groups excluding carboxylic acids is 1. The van der Waals surface area contributed by atoms with Crippen LogP contribution in [-0.2, 0) is 10.0 Å². The molecule has 0 saturated carbocycles. The molecule has 0 radical (unpaired) electrons. The summed E-state index contributed by atoms with van der Waals surface area (Å²) in [4.78, 5) is 12.7. The van der Waals surface area contributed by atoms with Crippen molar-refractivity contribution in [2.75, 3.05) is 11.9 Å². The van der Waals surface area contributed by atoms with E-state index in [4.69, 9.17) is 0 Å². The van der Waals surface area contributed by atoms with Gasteiger partial charge in [0.1, 0.15) is 0 Å². The average molecular weight is 389 g/mol. The largest absolute Gasteiger partial charge is 0.322 e. The normalized spacial score (nSPS) is 11.6. The Morgan fingerprint density at radius 1 is 1.00 bits per heavy atom. The van der Waals surface area contributed by atoms with E-state index in [2.05, 4.69) is 30.8 Å². The number of hydrogen-bond acceptors (Lipinski definition) is 3. The summed E-state index contributed by atoms with van der Waals surface area (Å²) in [6.45, 7) is 6.62. The Labute approximate surface area is 162 Å². The number of benzene rings is 2. The predicted octanol–water partition coefficient (Wildman–Crippen LogP) is 4.53. The zero-order chi connectivity index (χ0) is 19.9. The summed E-state index contributed by atoms with van der Waals surface area (Å²) < 4.78 is 27.1. The van der Waals surface area contributed by atoms with Crippen molar-refractivity contribution in [3.63, 3.8) is 0 Å². The number of para-hydroxylation sites is 1. The highest BCUT2D eigenvalue weighted by Crippen LogP contribution is 2.24. The third kappa shape index (κ3) is 5.91. The standard InChI is InChI=1S/C21H28N2O3S/c1-4-5-8-15-22-27(25,26)18-13-11-17(12-14-18)21(24)23-20-10-7-6-9-19(20)16(2)3/h6-7,9-14,16,22H,4-5,8,15H2,1-3H3,(H,23,24). The Balaban J connectivity index is 2.07. The lowest BCUT2D eigenvalue weighted by Crippen LogP contribution is -2.25. The first-order valence-electron chi connectivity index (χ1n) is 9.35. The Morgan fingerprint density at radius 2 is 1.67 bits per heavy atom. The molecule has 2 aromatic rings. The Bertz CT molecular complexity index is 859. The van der Waals surface area contributed by atoms with Crippen molar-refractivity contribution in [3.8, 4) is 0 Å². The number of sulfonamides is 1. The van der Waals surface area contributed by atoms with Crippen molar-refractivity contribution in [1.29, 1.82) is 0 Å². The summed E-state index contributed by atoms with van der Waals surface area (Å²) in [5, 5.41) is 2.91. The van der Waals surface area contributed by atoms with E-state index >= 15 is 0 Å². The van der Waals surface area contributed by atoms with Crippen LogP contribution in [0.3, 0.4) is 0 Å². The van der Waals surface area contributed by atoms with Gasteiger partial charge in [-0.2, -0.15) is 0 Å². The smallest absolute Gasteiger partial charge is 0.255 e. The molecular formula is C21H28N2O3S. The van der Waals surface area contributed by atoms with E-state index in [9.17, 15) is 13.2 Å². The first-order valence-corrected chi connectivity index (χ1v) is 10.8. The molecule has 146 valence electrons. The molecule has 1 amide bonds. The number of amides is 1. The predicted molar refractivity (Wildman–Crippen MR) is 110 cm³/mol. The van der Waals surface area contributed by atoms with Gasteiger partial charge in [0.25, 0.3) is 5.91 Å². The molecule has 0 bridgehead atoms. The van der Waals surface area contributed by atoms with Crippen LogP contribution in [0.25, 0.3) is 0 Å². The molecule has 2 rings (SSSR count). The quantitative estimate of drug-likeness (QED) is 0.620. The van der Waals surface area contributed by atoms with Gasteiger partial charge in [0.15, 0.2) is 0 Å². The van der Waals surface area contributed by atoms with Gasteiger partial charge in [-0.3, -0.25) is 4.79 Å². The average Bonchev–Trinajstić information content (AvgIpc) is 2.65. The zero-order valence-corrected chi connectivity index (χ0v) is 17.0. The highest BCUT2D eigenvalue weighted by atomic mass is 32.2. The Kier molecular flexibility index (Phi) is 7.56. The maximum Gasteiger partial charge on any atom is 0.255 e. The zero-order valence-electron chi connectivity index (χ0n) is 16.2. The minimum Gasteiger partial charge on any atom is -0.322 e. The van der Waals surface area contributed by atoms with Crippen LogP contribution >= 0.6 is 0 Å². The van der Waals surface area contributed by atoms with Crippen LogP contribution in [0.5, 0.6) is 0 Å². The number of carbonyl (C=O) groups is 1. The fourth-order valence-electron chi connectivity index (χ4n) is 2.76. The van der Waals surface area contributed by atoms with Crippen LogP contribution in [0.2, 0.25) is 0 Å². The van der Waals surface area contributed by atoms with Gasteiger partial charge in [0.2, 0.25) is 10.0 Å². The van der Waals surface area contributed by atoms with E-state index in [0.717, 1.165) is 30.5 Å². The number of anilines is 1. The minimum absolute atomic E-state index is 0.165. The number of rotatable bonds is 9. The van der Waals surface area contributed by atoms with Crippen LogP contribution in [0.15, 0.2) is 53.4 Å². The molecule has 6 heteroatoms.